The van der Waals surface area contributed by atoms with E-state index in [0.717, 1.165) is 0 Å². The highest BCUT2D eigenvalue weighted by Crippen LogP contribution is 2.11. The molecule has 1 amide bonds. The second-order valence-corrected chi connectivity index (χ2v) is 4.05. The molecule has 0 aromatic rings. The van der Waals surface area contributed by atoms with Gasteiger partial charge in [-0.25, -0.2) is 4.79 Å². The van der Waals surface area contributed by atoms with Gasteiger partial charge in [-0.15, -0.1) is 11.8 Å². The van der Waals surface area contributed by atoms with Crippen LogP contribution < -0.4 is 5.32 Å². The number of nitrogens with zero attached hydrogens (tertiary/aromatic N) is 1. The third-order valence-electron chi connectivity index (χ3n) is 1.52. The summed E-state index contributed by atoms with van der Waals surface area (Å²) in [5, 5.41) is 19.1. The van der Waals surface area contributed by atoms with Crippen LogP contribution in [0.2, 0.25) is 0 Å². The number of amides is 1. The van der Waals surface area contributed by atoms with Gasteiger partial charge in [0.05, 0.1) is 11.3 Å². The Labute approximate surface area is 86.5 Å². The normalized spacial score (nSPS) is 13.7. The zero-order valence-corrected chi connectivity index (χ0v) is 8.58. The number of nitrogens with one attached hydrogen (secondary N) is 1. The lowest BCUT2D eigenvalue weighted by molar-refractivity contribution is -0.140. The number of nitriles is 1. The molecule has 0 aliphatic heterocycles. The Morgan fingerprint density at radius 1 is 1.79 bits per heavy atom. The zero-order valence-electron chi connectivity index (χ0n) is 7.77. The molecule has 2 unspecified atom stereocenters. The van der Waals surface area contributed by atoms with Gasteiger partial charge in [0.25, 0.3) is 0 Å². The maximum absolute atomic E-state index is 10.5. The molecule has 0 bridgehead atoms. The van der Waals surface area contributed by atoms with Crippen LogP contribution >= 0.6 is 11.8 Å². The Kier molecular flexibility index (Phi) is 6.58. The SMILES string of the molecule is CC(C#N)SCCC(NC=O)C(=O)O. The van der Waals surface area contributed by atoms with Crippen LogP contribution in [0.25, 0.3) is 0 Å². The summed E-state index contributed by atoms with van der Waals surface area (Å²) in [5.74, 6) is -0.519. The Hall–Kier alpha value is -1.22. The van der Waals surface area contributed by atoms with Crippen molar-refractivity contribution in [2.75, 3.05) is 5.75 Å². The summed E-state index contributed by atoms with van der Waals surface area (Å²) in [5.41, 5.74) is 0. The minimum Gasteiger partial charge on any atom is -0.480 e. The number of aliphatic carboxylic acids is 1. The Balaban J connectivity index is 3.78. The van der Waals surface area contributed by atoms with Gasteiger partial charge in [0.15, 0.2) is 0 Å². The van der Waals surface area contributed by atoms with E-state index in [0.29, 0.717) is 18.6 Å². The van der Waals surface area contributed by atoms with Gasteiger partial charge in [0.2, 0.25) is 6.41 Å². The summed E-state index contributed by atoms with van der Waals surface area (Å²) in [4.78, 5) is 20.6. The fourth-order valence-electron chi connectivity index (χ4n) is 0.760. The highest BCUT2D eigenvalue weighted by molar-refractivity contribution is 8.00. The molecule has 0 aliphatic rings. The van der Waals surface area contributed by atoms with Crippen molar-refractivity contribution in [2.24, 2.45) is 0 Å². The first-order valence-corrected chi connectivity index (χ1v) is 5.10. The monoisotopic (exact) mass is 216 g/mol. The molecule has 0 heterocycles. The number of carboxylic acid groups (broad SMARTS) is 1. The second kappa shape index (κ2) is 7.21. The van der Waals surface area contributed by atoms with Crippen LogP contribution in [0.1, 0.15) is 13.3 Å². The maximum Gasteiger partial charge on any atom is 0.326 e. The number of hydrogen-bond acceptors (Lipinski definition) is 4. The first kappa shape index (κ1) is 12.8. The predicted molar refractivity (Wildman–Crippen MR) is 52.8 cm³/mol. The topological polar surface area (TPSA) is 90.2 Å². The number of carboxylic acids is 1. The predicted octanol–water partition coefficient (Wildman–Crippen LogP) is 0.221. The molecule has 0 saturated heterocycles. The van der Waals surface area contributed by atoms with Gasteiger partial charge < -0.3 is 10.4 Å². The molecule has 78 valence electrons. The van der Waals surface area contributed by atoms with E-state index in [9.17, 15) is 9.59 Å². The molecule has 0 fully saturated rings. The molecule has 2 N–H and O–H groups in total. The number of thioether (sulfide) groups is 1. The van der Waals surface area contributed by atoms with E-state index in [2.05, 4.69) is 5.32 Å². The second-order valence-electron chi connectivity index (χ2n) is 2.61. The van der Waals surface area contributed by atoms with Crippen molar-refractivity contribution < 1.29 is 14.7 Å². The summed E-state index contributed by atoms with van der Waals surface area (Å²) in [6.45, 7) is 1.74. The van der Waals surface area contributed by atoms with Crippen LogP contribution in [0, 0.1) is 11.3 Å². The van der Waals surface area contributed by atoms with E-state index >= 15 is 0 Å². The minimum atomic E-state index is -1.05. The van der Waals surface area contributed by atoms with Crippen LogP contribution in [0.15, 0.2) is 0 Å². The van der Waals surface area contributed by atoms with Crippen LogP contribution in [0.5, 0.6) is 0 Å². The Bertz CT molecular complexity index is 239. The summed E-state index contributed by atoms with van der Waals surface area (Å²) >= 11 is 1.37. The van der Waals surface area contributed by atoms with Gasteiger partial charge in [-0.3, -0.25) is 4.79 Å². The number of carbonyl (C=O) groups is 2. The summed E-state index contributed by atoms with van der Waals surface area (Å²) in [7, 11) is 0. The average Bonchev–Trinajstić information content (AvgIpc) is 2.16. The Morgan fingerprint density at radius 3 is 2.86 bits per heavy atom. The fourth-order valence-corrected chi connectivity index (χ4v) is 1.56. The summed E-state index contributed by atoms with van der Waals surface area (Å²) in [6.07, 6.45) is 0.696. The van der Waals surface area contributed by atoms with E-state index in [-0.39, 0.29) is 5.25 Å². The van der Waals surface area contributed by atoms with E-state index in [4.69, 9.17) is 10.4 Å². The summed E-state index contributed by atoms with van der Waals surface area (Å²) in [6, 6.07) is 1.17. The van der Waals surface area contributed by atoms with Gasteiger partial charge >= 0.3 is 5.97 Å². The first-order valence-electron chi connectivity index (χ1n) is 4.05. The number of hydrogen-bond donors (Lipinski definition) is 2. The smallest absolute Gasteiger partial charge is 0.326 e. The van der Waals surface area contributed by atoms with Crippen molar-refractivity contribution >= 4 is 24.1 Å². The molecule has 0 spiro atoms. The van der Waals surface area contributed by atoms with Gasteiger partial charge in [0.1, 0.15) is 6.04 Å². The van der Waals surface area contributed by atoms with Crippen LogP contribution in [-0.2, 0) is 9.59 Å². The zero-order chi connectivity index (χ0) is 11.0. The number of rotatable bonds is 7. The van der Waals surface area contributed by atoms with Crippen molar-refractivity contribution in [3.63, 3.8) is 0 Å². The third-order valence-corrected chi connectivity index (χ3v) is 2.60. The van der Waals surface area contributed by atoms with Crippen LogP contribution in [0.4, 0.5) is 0 Å². The minimum absolute atomic E-state index is 0.152. The van der Waals surface area contributed by atoms with Crippen LogP contribution in [0.3, 0.4) is 0 Å². The molecule has 0 rings (SSSR count). The highest BCUT2D eigenvalue weighted by atomic mass is 32.2. The molecular weight excluding hydrogens is 204 g/mol. The van der Waals surface area contributed by atoms with Crippen molar-refractivity contribution in [1.29, 1.82) is 5.26 Å². The van der Waals surface area contributed by atoms with E-state index in [1.165, 1.54) is 11.8 Å². The van der Waals surface area contributed by atoms with Gasteiger partial charge in [0, 0.05) is 0 Å². The van der Waals surface area contributed by atoms with Gasteiger partial charge in [-0.1, -0.05) is 0 Å². The van der Waals surface area contributed by atoms with Crippen molar-refractivity contribution in [3.8, 4) is 6.07 Å². The van der Waals surface area contributed by atoms with E-state index < -0.39 is 12.0 Å². The Morgan fingerprint density at radius 2 is 2.43 bits per heavy atom. The standard InChI is InChI=1S/C8H12N2O3S/c1-6(4-9)14-3-2-7(8(12)13)10-5-11/h5-7H,2-3H2,1H3,(H,10,11)(H,12,13). The number of carbonyl (C=O) groups excluding carboxylic acids is 1. The first-order chi connectivity index (χ1) is 6.61. The molecule has 0 aromatic carbocycles. The molecule has 14 heavy (non-hydrogen) atoms. The molecule has 0 radical (unpaired) electrons. The fraction of sp³-hybridized carbons (Fsp3) is 0.625. The van der Waals surface area contributed by atoms with E-state index in [1.54, 1.807) is 6.92 Å². The average molecular weight is 216 g/mol. The van der Waals surface area contributed by atoms with Crippen LogP contribution in [-0.4, -0.2) is 34.5 Å². The van der Waals surface area contributed by atoms with Crippen molar-refractivity contribution in [2.45, 2.75) is 24.6 Å². The largest absolute Gasteiger partial charge is 0.480 e. The lowest BCUT2D eigenvalue weighted by Crippen LogP contribution is -2.36. The molecular formula is C8H12N2O3S. The van der Waals surface area contributed by atoms with Crippen molar-refractivity contribution in [1.82, 2.24) is 5.32 Å². The maximum atomic E-state index is 10.5. The molecule has 0 aliphatic carbocycles. The van der Waals surface area contributed by atoms with Gasteiger partial charge in [-0.05, 0) is 19.1 Å². The van der Waals surface area contributed by atoms with Crippen molar-refractivity contribution in [3.05, 3.63) is 0 Å². The molecule has 5 nitrogen and oxygen atoms in total. The molecule has 2 atom stereocenters. The highest BCUT2D eigenvalue weighted by Gasteiger charge is 2.15. The molecule has 0 saturated carbocycles. The molecule has 6 heteroatoms. The lowest BCUT2D eigenvalue weighted by Gasteiger charge is -2.10. The molecule has 0 aromatic heterocycles. The summed E-state index contributed by atoms with van der Waals surface area (Å²) < 4.78 is 0. The van der Waals surface area contributed by atoms with Gasteiger partial charge in [-0.2, -0.15) is 5.26 Å². The third kappa shape index (κ3) is 5.43. The van der Waals surface area contributed by atoms with E-state index in [1.807, 2.05) is 6.07 Å². The quantitative estimate of drug-likeness (QED) is 0.594. The lowest BCUT2D eigenvalue weighted by atomic mass is 10.2.